The molecule has 1 aliphatic heterocycles. The van der Waals surface area contributed by atoms with Crippen LogP contribution in [0.5, 0.6) is 0 Å². The summed E-state index contributed by atoms with van der Waals surface area (Å²) in [5, 5.41) is 16.3. The highest BCUT2D eigenvalue weighted by atomic mass is 16.3. The summed E-state index contributed by atoms with van der Waals surface area (Å²) in [7, 11) is 0. The average Bonchev–Trinajstić information content (AvgIpc) is 3.19. The zero-order chi connectivity index (χ0) is 14.9. The van der Waals surface area contributed by atoms with Crippen LogP contribution in [0.1, 0.15) is 22.3 Å². The number of nitrogens with zero attached hydrogens (tertiary/aromatic N) is 7. The van der Waals surface area contributed by atoms with E-state index in [9.17, 15) is 4.79 Å². The van der Waals surface area contributed by atoms with E-state index >= 15 is 0 Å². The summed E-state index contributed by atoms with van der Waals surface area (Å²) in [6, 6.07) is 3.52. The molecule has 0 bridgehead atoms. The summed E-state index contributed by atoms with van der Waals surface area (Å²) in [4.78, 5) is 15.3. The molecule has 1 saturated heterocycles. The number of furan rings is 1. The largest absolute Gasteiger partial charge is 0.459 e. The van der Waals surface area contributed by atoms with Crippen molar-refractivity contribution in [3.8, 4) is 0 Å². The van der Waals surface area contributed by atoms with Gasteiger partial charge in [-0.1, -0.05) is 5.21 Å². The maximum absolute atomic E-state index is 12.0. The van der Waals surface area contributed by atoms with Gasteiger partial charge in [0.05, 0.1) is 30.9 Å². The molecular formula is C13H13N7O2. The van der Waals surface area contributed by atoms with Gasteiger partial charge in [0.25, 0.3) is 5.91 Å². The van der Waals surface area contributed by atoms with Gasteiger partial charge in [0, 0.05) is 13.1 Å². The van der Waals surface area contributed by atoms with Crippen molar-refractivity contribution in [2.75, 3.05) is 13.1 Å². The number of likely N-dealkylation sites (tertiary alicyclic amines) is 1. The second kappa shape index (κ2) is 5.10. The highest BCUT2D eigenvalue weighted by molar-refractivity contribution is 5.92. The van der Waals surface area contributed by atoms with E-state index in [4.69, 9.17) is 4.42 Å². The molecule has 0 aromatic carbocycles. The van der Waals surface area contributed by atoms with Crippen LogP contribution in [0.2, 0.25) is 0 Å². The third-order valence-electron chi connectivity index (χ3n) is 3.58. The van der Waals surface area contributed by atoms with Gasteiger partial charge in [0.15, 0.2) is 5.76 Å². The van der Waals surface area contributed by atoms with Crippen LogP contribution in [-0.2, 0) is 6.54 Å². The zero-order valence-electron chi connectivity index (χ0n) is 11.6. The summed E-state index contributed by atoms with van der Waals surface area (Å²) in [6.45, 7) is 1.68. The SMILES string of the molecule is O=C(c1ccco1)N1CC(n2cc(Cn3nccn3)nn2)C1. The molecule has 0 saturated carbocycles. The van der Waals surface area contributed by atoms with E-state index in [2.05, 4.69) is 20.5 Å². The fourth-order valence-electron chi connectivity index (χ4n) is 2.38. The second-order valence-corrected chi connectivity index (χ2v) is 5.09. The second-order valence-electron chi connectivity index (χ2n) is 5.09. The van der Waals surface area contributed by atoms with Crippen molar-refractivity contribution >= 4 is 5.91 Å². The van der Waals surface area contributed by atoms with Crippen LogP contribution in [0.4, 0.5) is 0 Å². The van der Waals surface area contributed by atoms with Crippen LogP contribution in [0.25, 0.3) is 0 Å². The van der Waals surface area contributed by atoms with Gasteiger partial charge < -0.3 is 9.32 Å². The Hall–Kier alpha value is -2.97. The number of aromatic nitrogens is 6. The lowest BCUT2D eigenvalue weighted by Gasteiger charge is -2.38. The standard InChI is InChI=1S/C13H13N7O2/c21-13(12-2-1-5-22-12)18-8-11(9-18)19-6-10(16-17-19)7-20-14-3-4-15-20/h1-6,11H,7-9H2. The molecule has 4 heterocycles. The maximum atomic E-state index is 12.0. The third-order valence-corrected chi connectivity index (χ3v) is 3.58. The number of hydrogen-bond acceptors (Lipinski definition) is 6. The van der Waals surface area contributed by atoms with Crippen LogP contribution < -0.4 is 0 Å². The molecule has 1 fully saturated rings. The number of hydrogen-bond donors (Lipinski definition) is 0. The fraction of sp³-hybridized carbons (Fsp3) is 0.308. The Labute approximate surface area is 125 Å². The summed E-state index contributed by atoms with van der Waals surface area (Å²) in [5.41, 5.74) is 0.784. The van der Waals surface area contributed by atoms with Gasteiger partial charge >= 0.3 is 0 Å². The molecule has 3 aromatic rings. The lowest BCUT2D eigenvalue weighted by atomic mass is 10.1. The fourth-order valence-corrected chi connectivity index (χ4v) is 2.38. The molecule has 0 radical (unpaired) electrons. The minimum Gasteiger partial charge on any atom is -0.459 e. The number of rotatable bonds is 4. The highest BCUT2D eigenvalue weighted by Crippen LogP contribution is 2.22. The van der Waals surface area contributed by atoms with Gasteiger partial charge in [0.2, 0.25) is 0 Å². The molecule has 0 aliphatic carbocycles. The van der Waals surface area contributed by atoms with Gasteiger partial charge in [-0.15, -0.1) is 5.10 Å². The van der Waals surface area contributed by atoms with Crippen molar-refractivity contribution in [3.05, 3.63) is 48.4 Å². The van der Waals surface area contributed by atoms with Crippen molar-refractivity contribution < 1.29 is 9.21 Å². The highest BCUT2D eigenvalue weighted by Gasteiger charge is 2.34. The first-order chi connectivity index (χ1) is 10.8. The first-order valence-electron chi connectivity index (χ1n) is 6.87. The van der Waals surface area contributed by atoms with Crippen molar-refractivity contribution in [2.45, 2.75) is 12.6 Å². The predicted molar refractivity (Wildman–Crippen MR) is 72.8 cm³/mol. The Bertz CT molecular complexity index is 756. The van der Waals surface area contributed by atoms with Crippen LogP contribution >= 0.6 is 0 Å². The summed E-state index contributed by atoms with van der Waals surface area (Å²) >= 11 is 0. The molecule has 1 aliphatic rings. The van der Waals surface area contributed by atoms with Gasteiger partial charge in [-0.3, -0.25) is 4.79 Å². The molecule has 4 rings (SSSR count). The van der Waals surface area contributed by atoms with Crippen LogP contribution in [0.15, 0.2) is 41.4 Å². The van der Waals surface area contributed by atoms with E-state index in [-0.39, 0.29) is 11.9 Å². The van der Waals surface area contributed by atoms with E-state index in [1.807, 2.05) is 6.20 Å². The Kier molecular flexibility index (Phi) is 2.95. The van der Waals surface area contributed by atoms with Gasteiger partial charge in [-0.05, 0) is 12.1 Å². The van der Waals surface area contributed by atoms with Crippen molar-refractivity contribution in [3.63, 3.8) is 0 Å². The van der Waals surface area contributed by atoms with E-state index < -0.39 is 0 Å². The smallest absolute Gasteiger partial charge is 0.289 e. The number of amides is 1. The minimum atomic E-state index is -0.0951. The zero-order valence-corrected chi connectivity index (χ0v) is 11.6. The van der Waals surface area contributed by atoms with Gasteiger partial charge in [0.1, 0.15) is 12.2 Å². The minimum absolute atomic E-state index is 0.0951. The van der Waals surface area contributed by atoms with Crippen LogP contribution in [-0.4, -0.2) is 53.9 Å². The Morgan fingerprint density at radius 1 is 1.32 bits per heavy atom. The van der Waals surface area contributed by atoms with Gasteiger partial charge in [-0.25, -0.2) is 4.68 Å². The normalized spacial score (nSPS) is 15.0. The van der Waals surface area contributed by atoms with Gasteiger partial charge in [-0.2, -0.15) is 15.0 Å². The molecule has 0 N–H and O–H groups in total. The third kappa shape index (κ3) is 2.26. The van der Waals surface area contributed by atoms with Crippen LogP contribution in [0, 0.1) is 0 Å². The van der Waals surface area contributed by atoms with Crippen molar-refractivity contribution in [1.82, 2.24) is 34.9 Å². The Morgan fingerprint density at radius 2 is 2.14 bits per heavy atom. The molecule has 9 heteroatoms. The number of carbonyl (C=O) groups excluding carboxylic acids is 1. The van der Waals surface area contributed by atoms with Crippen molar-refractivity contribution in [1.29, 1.82) is 0 Å². The Morgan fingerprint density at radius 3 is 2.86 bits per heavy atom. The molecule has 22 heavy (non-hydrogen) atoms. The molecule has 0 spiro atoms. The molecule has 112 valence electrons. The average molecular weight is 299 g/mol. The first-order valence-corrected chi connectivity index (χ1v) is 6.87. The van der Waals surface area contributed by atoms with E-state index in [0.29, 0.717) is 25.4 Å². The molecule has 1 amide bonds. The summed E-state index contributed by atoms with van der Waals surface area (Å²) in [5.74, 6) is 0.268. The molecule has 0 atom stereocenters. The maximum Gasteiger partial charge on any atom is 0.289 e. The number of carbonyl (C=O) groups is 1. The van der Waals surface area contributed by atoms with Crippen molar-refractivity contribution in [2.24, 2.45) is 0 Å². The quantitative estimate of drug-likeness (QED) is 0.683. The molecule has 9 nitrogen and oxygen atoms in total. The predicted octanol–water partition coefficient (Wildman–Crippen LogP) is 0.208. The lowest BCUT2D eigenvalue weighted by Crippen LogP contribution is -2.50. The Balaban J connectivity index is 1.37. The molecule has 3 aromatic heterocycles. The van der Waals surface area contributed by atoms with E-state index in [0.717, 1.165) is 5.69 Å². The molecular weight excluding hydrogens is 286 g/mol. The van der Waals surface area contributed by atoms with E-state index in [1.54, 1.807) is 38.9 Å². The van der Waals surface area contributed by atoms with Crippen LogP contribution in [0.3, 0.4) is 0 Å². The van der Waals surface area contributed by atoms with E-state index in [1.165, 1.54) is 6.26 Å². The lowest BCUT2D eigenvalue weighted by molar-refractivity contribution is 0.0467. The summed E-state index contributed by atoms with van der Waals surface area (Å²) < 4.78 is 6.90. The summed E-state index contributed by atoms with van der Waals surface area (Å²) in [6.07, 6.45) is 6.60. The molecule has 0 unspecified atom stereocenters. The topological polar surface area (TPSA) is 94.9 Å². The first kappa shape index (κ1) is 12.7. The monoisotopic (exact) mass is 299 g/mol.